The Morgan fingerprint density at radius 3 is 2.85 bits per heavy atom. The zero-order valence-corrected chi connectivity index (χ0v) is 7.17. The predicted molar refractivity (Wildman–Crippen MR) is 47.2 cm³/mol. The van der Waals surface area contributed by atoms with Crippen molar-refractivity contribution in [1.29, 1.82) is 5.26 Å². The Bertz CT molecular complexity index is 385. The van der Waals surface area contributed by atoms with Crippen molar-refractivity contribution in [3.8, 4) is 6.07 Å². The fourth-order valence-corrected chi connectivity index (χ4v) is 0.910. The van der Waals surface area contributed by atoms with Crippen LogP contribution in [0.15, 0.2) is 12.1 Å². The molecule has 13 heavy (non-hydrogen) atoms. The summed E-state index contributed by atoms with van der Waals surface area (Å²) >= 11 is 5.59. The van der Waals surface area contributed by atoms with Crippen LogP contribution in [-0.4, -0.2) is 11.0 Å². The van der Waals surface area contributed by atoms with E-state index >= 15 is 0 Å². The fourth-order valence-electron chi connectivity index (χ4n) is 0.714. The number of primary amides is 1. The van der Waals surface area contributed by atoms with Crippen LogP contribution in [-0.2, 0) is 0 Å². The van der Waals surface area contributed by atoms with Gasteiger partial charge >= 0.3 is 6.03 Å². The average molecular weight is 197 g/mol. The van der Waals surface area contributed by atoms with Gasteiger partial charge in [0.2, 0.25) is 0 Å². The molecule has 66 valence electrons. The molecule has 1 aromatic heterocycles. The van der Waals surface area contributed by atoms with E-state index in [1.807, 2.05) is 6.07 Å². The van der Waals surface area contributed by atoms with E-state index < -0.39 is 6.03 Å². The molecule has 1 rings (SSSR count). The number of nitrogens with two attached hydrogens (primary N) is 1. The molecule has 6 heteroatoms. The molecule has 3 N–H and O–H groups in total. The first-order valence-electron chi connectivity index (χ1n) is 3.26. The fraction of sp³-hybridized carbons (Fsp3) is 0. The van der Waals surface area contributed by atoms with Crippen molar-refractivity contribution in [3.05, 3.63) is 22.8 Å². The number of carbonyl (C=O) groups is 1. The summed E-state index contributed by atoms with van der Waals surface area (Å²) in [5.74, 6) is 0.219. The average Bonchev–Trinajstić information content (AvgIpc) is 2.03. The molecule has 0 spiro atoms. The maximum Gasteiger partial charge on any atom is 0.317 e. The van der Waals surface area contributed by atoms with Crippen LogP contribution in [0.25, 0.3) is 0 Å². The minimum absolute atomic E-state index is 0.0359. The number of urea groups is 1. The number of hydrogen-bond donors (Lipinski definition) is 2. The molecule has 0 aliphatic carbocycles. The SMILES string of the molecule is N#Cc1ccc(NC(N)=O)nc1Cl. The summed E-state index contributed by atoms with van der Waals surface area (Å²) in [6.07, 6.45) is 0. The number of nitrogens with zero attached hydrogens (tertiary/aromatic N) is 2. The van der Waals surface area contributed by atoms with Crippen molar-refractivity contribution < 1.29 is 4.79 Å². The highest BCUT2D eigenvalue weighted by atomic mass is 35.5. The van der Waals surface area contributed by atoms with Gasteiger partial charge in [-0.3, -0.25) is 5.32 Å². The summed E-state index contributed by atoms with van der Waals surface area (Å²) in [6, 6.07) is 3.99. The number of rotatable bonds is 1. The minimum atomic E-state index is -0.728. The van der Waals surface area contributed by atoms with E-state index in [4.69, 9.17) is 22.6 Å². The van der Waals surface area contributed by atoms with Crippen LogP contribution in [0.1, 0.15) is 5.56 Å². The second-order valence-corrected chi connectivity index (χ2v) is 2.49. The van der Waals surface area contributed by atoms with E-state index in [2.05, 4.69) is 10.3 Å². The summed E-state index contributed by atoms with van der Waals surface area (Å²) in [5.41, 5.74) is 5.09. The van der Waals surface area contributed by atoms with Crippen molar-refractivity contribution in [1.82, 2.24) is 4.98 Å². The monoisotopic (exact) mass is 196 g/mol. The largest absolute Gasteiger partial charge is 0.351 e. The molecule has 1 aromatic rings. The number of carbonyl (C=O) groups excluding carboxylic acids is 1. The van der Waals surface area contributed by atoms with Gasteiger partial charge in [-0.25, -0.2) is 9.78 Å². The summed E-state index contributed by atoms with van der Waals surface area (Å²) in [4.78, 5) is 14.1. The number of amides is 2. The second kappa shape index (κ2) is 3.74. The summed E-state index contributed by atoms with van der Waals surface area (Å²) in [6.45, 7) is 0. The van der Waals surface area contributed by atoms with Gasteiger partial charge in [0.1, 0.15) is 17.0 Å². The van der Waals surface area contributed by atoms with Crippen molar-refractivity contribution in [3.63, 3.8) is 0 Å². The quantitative estimate of drug-likeness (QED) is 0.659. The molecule has 0 bridgehead atoms. The van der Waals surface area contributed by atoms with Gasteiger partial charge in [-0.2, -0.15) is 5.26 Å². The Hall–Kier alpha value is -1.80. The van der Waals surface area contributed by atoms with Gasteiger partial charge in [0.05, 0.1) is 5.56 Å². The third-order valence-electron chi connectivity index (χ3n) is 1.22. The van der Waals surface area contributed by atoms with Crippen LogP contribution in [0.4, 0.5) is 10.6 Å². The molecule has 0 fully saturated rings. The third-order valence-corrected chi connectivity index (χ3v) is 1.51. The number of nitrogens with one attached hydrogen (secondary N) is 1. The lowest BCUT2D eigenvalue weighted by atomic mass is 10.3. The van der Waals surface area contributed by atoms with E-state index in [0.29, 0.717) is 0 Å². The van der Waals surface area contributed by atoms with E-state index in [1.165, 1.54) is 12.1 Å². The molecular formula is C7H5ClN4O. The third kappa shape index (κ3) is 2.32. The molecule has 2 amide bonds. The second-order valence-electron chi connectivity index (χ2n) is 2.14. The summed E-state index contributed by atoms with van der Waals surface area (Å²) in [5, 5.41) is 10.8. The molecule has 0 aliphatic heterocycles. The molecule has 5 nitrogen and oxygen atoms in total. The Morgan fingerprint density at radius 1 is 1.69 bits per heavy atom. The topological polar surface area (TPSA) is 91.8 Å². The Labute approximate surface area is 79.1 Å². The highest BCUT2D eigenvalue weighted by Gasteiger charge is 2.03. The van der Waals surface area contributed by atoms with E-state index in [-0.39, 0.29) is 16.5 Å². The van der Waals surface area contributed by atoms with E-state index in [0.717, 1.165) is 0 Å². The Balaban J connectivity index is 2.97. The first-order chi connectivity index (χ1) is 6.13. The lowest BCUT2D eigenvalue weighted by molar-refractivity contribution is 0.259. The van der Waals surface area contributed by atoms with Crippen LogP contribution < -0.4 is 11.1 Å². The highest BCUT2D eigenvalue weighted by molar-refractivity contribution is 6.30. The normalized spacial score (nSPS) is 8.92. The van der Waals surface area contributed by atoms with Gasteiger partial charge in [-0.05, 0) is 12.1 Å². The maximum absolute atomic E-state index is 10.4. The lowest BCUT2D eigenvalue weighted by Crippen LogP contribution is -2.20. The van der Waals surface area contributed by atoms with Gasteiger partial charge in [0, 0.05) is 0 Å². The molecule has 0 radical (unpaired) electrons. The van der Waals surface area contributed by atoms with Gasteiger partial charge in [-0.1, -0.05) is 11.6 Å². The molecule has 0 aromatic carbocycles. The summed E-state index contributed by atoms with van der Waals surface area (Å²) < 4.78 is 0. The van der Waals surface area contributed by atoms with E-state index in [9.17, 15) is 4.79 Å². The first-order valence-corrected chi connectivity index (χ1v) is 3.64. The minimum Gasteiger partial charge on any atom is -0.351 e. The molecule has 0 atom stereocenters. The zero-order chi connectivity index (χ0) is 9.84. The highest BCUT2D eigenvalue weighted by Crippen LogP contribution is 2.14. The van der Waals surface area contributed by atoms with Crippen LogP contribution in [0.3, 0.4) is 0 Å². The number of halogens is 1. The predicted octanol–water partition coefficient (Wildman–Crippen LogP) is 1.10. The van der Waals surface area contributed by atoms with Gasteiger partial charge in [0.15, 0.2) is 0 Å². The van der Waals surface area contributed by atoms with Gasteiger partial charge < -0.3 is 5.73 Å². The van der Waals surface area contributed by atoms with Crippen LogP contribution in [0.2, 0.25) is 5.15 Å². The molecule has 1 heterocycles. The maximum atomic E-state index is 10.4. The van der Waals surface area contributed by atoms with Crippen molar-refractivity contribution in [2.24, 2.45) is 5.73 Å². The van der Waals surface area contributed by atoms with Crippen molar-refractivity contribution in [2.45, 2.75) is 0 Å². The van der Waals surface area contributed by atoms with Crippen LogP contribution in [0, 0.1) is 11.3 Å². The smallest absolute Gasteiger partial charge is 0.317 e. The molecule has 0 unspecified atom stereocenters. The number of aromatic nitrogens is 1. The summed E-state index contributed by atoms with van der Waals surface area (Å²) in [7, 11) is 0. The van der Waals surface area contributed by atoms with Crippen LogP contribution >= 0.6 is 11.6 Å². The van der Waals surface area contributed by atoms with Crippen LogP contribution in [0.5, 0.6) is 0 Å². The Morgan fingerprint density at radius 2 is 2.38 bits per heavy atom. The molecule has 0 aliphatic rings. The zero-order valence-electron chi connectivity index (χ0n) is 6.41. The van der Waals surface area contributed by atoms with E-state index in [1.54, 1.807) is 0 Å². The van der Waals surface area contributed by atoms with Gasteiger partial charge in [0.25, 0.3) is 0 Å². The van der Waals surface area contributed by atoms with Crippen molar-refractivity contribution in [2.75, 3.05) is 5.32 Å². The van der Waals surface area contributed by atoms with Crippen molar-refractivity contribution >= 4 is 23.4 Å². The molecule has 0 saturated carbocycles. The Kier molecular flexibility index (Phi) is 2.67. The first kappa shape index (κ1) is 9.29. The number of nitriles is 1. The standard InChI is InChI=1S/C7H5ClN4O/c8-6-4(3-9)1-2-5(11-6)12-7(10)13/h1-2H,(H3,10,11,12,13). The molecular weight excluding hydrogens is 192 g/mol. The number of anilines is 1. The molecule has 0 saturated heterocycles. The lowest BCUT2D eigenvalue weighted by Gasteiger charge is -2.00. The van der Waals surface area contributed by atoms with Gasteiger partial charge in [-0.15, -0.1) is 0 Å². The number of hydrogen-bond acceptors (Lipinski definition) is 3. The number of pyridine rings is 1.